The normalized spacial score (nSPS) is 10.1. The van der Waals surface area contributed by atoms with Gasteiger partial charge in [0.25, 0.3) is 0 Å². The van der Waals surface area contributed by atoms with E-state index < -0.39 is 0 Å². The van der Waals surface area contributed by atoms with E-state index >= 15 is 0 Å². The van der Waals surface area contributed by atoms with Crippen LogP contribution in [0.5, 0.6) is 5.88 Å². The Morgan fingerprint density at radius 3 is 2.82 bits per heavy atom. The zero-order valence-electron chi connectivity index (χ0n) is 6.95. The summed E-state index contributed by atoms with van der Waals surface area (Å²) in [6.45, 7) is 4.96. The highest BCUT2D eigenvalue weighted by Crippen LogP contribution is 2.04. The number of hydrogen-bond acceptors (Lipinski definition) is 2. The maximum Gasteiger partial charge on any atom is 0.213 e. The highest BCUT2D eigenvalue weighted by molar-refractivity contribution is 5.08. The SMILES string of the molecule is CC(C)COc1ccccn1. The van der Waals surface area contributed by atoms with Gasteiger partial charge in [0.1, 0.15) is 0 Å². The molecule has 1 rings (SSSR count). The molecule has 0 N–H and O–H groups in total. The highest BCUT2D eigenvalue weighted by atomic mass is 16.5. The fourth-order valence-corrected chi connectivity index (χ4v) is 0.685. The Kier molecular flexibility index (Phi) is 2.90. The van der Waals surface area contributed by atoms with E-state index in [1.807, 2.05) is 18.2 Å². The Balaban J connectivity index is 2.39. The average molecular weight is 151 g/mol. The number of hydrogen-bond donors (Lipinski definition) is 0. The standard InChI is InChI=1S/C9H13NO/c1-8(2)7-11-9-5-3-4-6-10-9/h3-6,8H,7H2,1-2H3. The molecule has 0 amide bonds. The Morgan fingerprint density at radius 2 is 2.27 bits per heavy atom. The van der Waals surface area contributed by atoms with Crippen molar-refractivity contribution < 1.29 is 4.74 Å². The summed E-state index contributed by atoms with van der Waals surface area (Å²) in [4.78, 5) is 4.03. The molecule has 0 unspecified atom stereocenters. The van der Waals surface area contributed by atoms with E-state index in [-0.39, 0.29) is 0 Å². The molecule has 0 atom stereocenters. The average Bonchev–Trinajstić information content (AvgIpc) is 2.03. The molecule has 11 heavy (non-hydrogen) atoms. The van der Waals surface area contributed by atoms with E-state index in [1.54, 1.807) is 6.20 Å². The van der Waals surface area contributed by atoms with Crippen molar-refractivity contribution in [2.45, 2.75) is 13.8 Å². The van der Waals surface area contributed by atoms with Gasteiger partial charge >= 0.3 is 0 Å². The predicted octanol–water partition coefficient (Wildman–Crippen LogP) is 2.12. The van der Waals surface area contributed by atoms with E-state index in [0.717, 1.165) is 6.61 Å². The van der Waals surface area contributed by atoms with Gasteiger partial charge in [0.05, 0.1) is 6.61 Å². The molecule has 2 nitrogen and oxygen atoms in total. The fourth-order valence-electron chi connectivity index (χ4n) is 0.685. The fraction of sp³-hybridized carbons (Fsp3) is 0.444. The molecule has 0 fully saturated rings. The second-order valence-electron chi connectivity index (χ2n) is 2.87. The summed E-state index contributed by atoms with van der Waals surface area (Å²) in [6, 6.07) is 5.66. The van der Waals surface area contributed by atoms with Crippen LogP contribution in [0.4, 0.5) is 0 Å². The summed E-state index contributed by atoms with van der Waals surface area (Å²) in [5, 5.41) is 0. The van der Waals surface area contributed by atoms with Crippen LogP contribution < -0.4 is 4.74 Å². The van der Waals surface area contributed by atoms with Gasteiger partial charge in [-0.25, -0.2) is 4.98 Å². The molecule has 1 aromatic heterocycles. The summed E-state index contributed by atoms with van der Waals surface area (Å²) >= 11 is 0. The molecule has 0 bridgehead atoms. The van der Waals surface area contributed by atoms with Gasteiger partial charge in [0.15, 0.2) is 0 Å². The lowest BCUT2D eigenvalue weighted by Crippen LogP contribution is -2.05. The first-order valence-corrected chi connectivity index (χ1v) is 3.83. The Hall–Kier alpha value is -1.05. The van der Waals surface area contributed by atoms with Crippen molar-refractivity contribution in [2.75, 3.05) is 6.61 Å². The van der Waals surface area contributed by atoms with Gasteiger partial charge in [-0.1, -0.05) is 19.9 Å². The van der Waals surface area contributed by atoms with E-state index in [1.165, 1.54) is 0 Å². The molecule has 0 aromatic carbocycles. The molecule has 0 aliphatic rings. The van der Waals surface area contributed by atoms with Crippen molar-refractivity contribution in [1.82, 2.24) is 4.98 Å². The second kappa shape index (κ2) is 3.96. The molecule has 0 aliphatic heterocycles. The van der Waals surface area contributed by atoms with Crippen LogP contribution in [0.2, 0.25) is 0 Å². The topological polar surface area (TPSA) is 22.1 Å². The van der Waals surface area contributed by atoms with E-state index in [9.17, 15) is 0 Å². The van der Waals surface area contributed by atoms with Crippen LogP contribution in [0.15, 0.2) is 24.4 Å². The first-order chi connectivity index (χ1) is 5.29. The minimum atomic E-state index is 0.553. The molecule has 0 aliphatic carbocycles. The Bertz CT molecular complexity index is 196. The molecule has 0 spiro atoms. The van der Waals surface area contributed by atoms with Crippen molar-refractivity contribution in [1.29, 1.82) is 0 Å². The van der Waals surface area contributed by atoms with Crippen LogP contribution in [-0.2, 0) is 0 Å². The summed E-state index contributed by atoms with van der Waals surface area (Å²) < 4.78 is 5.36. The van der Waals surface area contributed by atoms with Crippen LogP contribution in [0, 0.1) is 5.92 Å². The maximum absolute atomic E-state index is 5.36. The lowest BCUT2D eigenvalue weighted by atomic mass is 10.2. The van der Waals surface area contributed by atoms with Gasteiger partial charge in [-0.05, 0) is 12.0 Å². The van der Waals surface area contributed by atoms with Crippen molar-refractivity contribution >= 4 is 0 Å². The summed E-state index contributed by atoms with van der Waals surface area (Å²) in [7, 11) is 0. The third-order valence-corrected chi connectivity index (χ3v) is 1.20. The van der Waals surface area contributed by atoms with Crippen molar-refractivity contribution in [3.05, 3.63) is 24.4 Å². The Labute approximate surface area is 67.2 Å². The molecule has 60 valence electrons. The van der Waals surface area contributed by atoms with E-state index in [0.29, 0.717) is 11.8 Å². The summed E-state index contributed by atoms with van der Waals surface area (Å²) in [6.07, 6.45) is 1.73. The smallest absolute Gasteiger partial charge is 0.213 e. The van der Waals surface area contributed by atoms with Gasteiger partial charge in [0, 0.05) is 12.3 Å². The molecule has 1 aromatic rings. The third-order valence-electron chi connectivity index (χ3n) is 1.20. The van der Waals surface area contributed by atoms with Gasteiger partial charge < -0.3 is 4.74 Å². The zero-order valence-corrected chi connectivity index (χ0v) is 6.95. The zero-order chi connectivity index (χ0) is 8.10. The summed E-state index contributed by atoms with van der Waals surface area (Å²) in [5.74, 6) is 1.26. The lowest BCUT2D eigenvalue weighted by Gasteiger charge is -2.06. The minimum absolute atomic E-state index is 0.553. The van der Waals surface area contributed by atoms with Crippen LogP contribution in [0.1, 0.15) is 13.8 Å². The molecule has 1 heterocycles. The van der Waals surface area contributed by atoms with Gasteiger partial charge in [-0.15, -0.1) is 0 Å². The molecular weight excluding hydrogens is 138 g/mol. The largest absolute Gasteiger partial charge is 0.477 e. The molecule has 0 saturated carbocycles. The van der Waals surface area contributed by atoms with E-state index in [2.05, 4.69) is 18.8 Å². The lowest BCUT2D eigenvalue weighted by molar-refractivity contribution is 0.261. The van der Waals surface area contributed by atoms with Crippen molar-refractivity contribution in [3.8, 4) is 5.88 Å². The van der Waals surface area contributed by atoms with Gasteiger partial charge in [-0.3, -0.25) is 0 Å². The van der Waals surface area contributed by atoms with Crippen molar-refractivity contribution in [2.24, 2.45) is 5.92 Å². The predicted molar refractivity (Wildman–Crippen MR) is 44.6 cm³/mol. The van der Waals surface area contributed by atoms with Crippen LogP contribution >= 0.6 is 0 Å². The molecule has 2 heteroatoms. The molecule has 0 radical (unpaired) electrons. The number of aromatic nitrogens is 1. The second-order valence-corrected chi connectivity index (χ2v) is 2.87. The summed E-state index contributed by atoms with van der Waals surface area (Å²) in [5.41, 5.74) is 0. The molecular formula is C9H13NO. The minimum Gasteiger partial charge on any atom is -0.477 e. The first-order valence-electron chi connectivity index (χ1n) is 3.83. The van der Waals surface area contributed by atoms with Gasteiger partial charge in [0.2, 0.25) is 5.88 Å². The third kappa shape index (κ3) is 3.03. The quantitative estimate of drug-likeness (QED) is 0.660. The van der Waals surface area contributed by atoms with Crippen LogP contribution in [0.3, 0.4) is 0 Å². The van der Waals surface area contributed by atoms with Crippen LogP contribution in [-0.4, -0.2) is 11.6 Å². The van der Waals surface area contributed by atoms with E-state index in [4.69, 9.17) is 4.74 Å². The number of rotatable bonds is 3. The highest BCUT2D eigenvalue weighted by Gasteiger charge is 1.95. The molecule has 0 saturated heterocycles. The number of ether oxygens (including phenoxy) is 1. The monoisotopic (exact) mass is 151 g/mol. The number of pyridine rings is 1. The maximum atomic E-state index is 5.36. The first kappa shape index (κ1) is 8.05. The van der Waals surface area contributed by atoms with Gasteiger partial charge in [-0.2, -0.15) is 0 Å². The van der Waals surface area contributed by atoms with Crippen LogP contribution in [0.25, 0.3) is 0 Å². The van der Waals surface area contributed by atoms with Crippen molar-refractivity contribution in [3.63, 3.8) is 0 Å². The number of nitrogens with zero attached hydrogens (tertiary/aromatic N) is 1. The Morgan fingerprint density at radius 1 is 1.45 bits per heavy atom.